The number of nitrogens with two attached hydrogens (primary N) is 1. The van der Waals surface area contributed by atoms with Crippen molar-refractivity contribution in [2.45, 2.75) is 20.8 Å². The molecule has 0 heterocycles. The first-order chi connectivity index (χ1) is 8.24. The van der Waals surface area contributed by atoms with Gasteiger partial charge in [0.25, 0.3) is 5.91 Å². The van der Waals surface area contributed by atoms with Gasteiger partial charge in [-0.3, -0.25) is 9.59 Å². The average molecular weight is 250 g/mol. The van der Waals surface area contributed by atoms with Gasteiger partial charge in [-0.2, -0.15) is 0 Å². The van der Waals surface area contributed by atoms with Crippen LogP contribution in [0.15, 0.2) is 18.2 Å². The zero-order valence-corrected chi connectivity index (χ0v) is 10.8. The van der Waals surface area contributed by atoms with Crippen LogP contribution in [0.4, 0.5) is 0 Å². The summed E-state index contributed by atoms with van der Waals surface area (Å²) < 4.78 is 0. The van der Waals surface area contributed by atoms with Crippen LogP contribution in [0.5, 0.6) is 5.75 Å². The quantitative estimate of drug-likeness (QED) is 0.742. The molecular formula is C13H18N2O3. The fourth-order valence-electron chi connectivity index (χ4n) is 1.24. The van der Waals surface area contributed by atoms with Crippen molar-refractivity contribution in [3.63, 3.8) is 0 Å². The van der Waals surface area contributed by atoms with Gasteiger partial charge in [0, 0.05) is 12.1 Å². The van der Waals surface area contributed by atoms with Gasteiger partial charge in [-0.25, -0.2) is 0 Å². The van der Waals surface area contributed by atoms with Crippen LogP contribution in [0.1, 0.15) is 29.8 Å². The monoisotopic (exact) mass is 250 g/mol. The van der Waals surface area contributed by atoms with E-state index >= 15 is 0 Å². The van der Waals surface area contributed by atoms with Crippen LogP contribution in [0, 0.1) is 12.3 Å². The van der Waals surface area contributed by atoms with Crippen molar-refractivity contribution < 1.29 is 14.7 Å². The summed E-state index contributed by atoms with van der Waals surface area (Å²) in [4.78, 5) is 22.9. The van der Waals surface area contributed by atoms with Crippen molar-refractivity contribution in [3.8, 4) is 5.75 Å². The number of aromatic hydroxyl groups is 1. The van der Waals surface area contributed by atoms with Crippen molar-refractivity contribution in [2.24, 2.45) is 11.1 Å². The van der Waals surface area contributed by atoms with Crippen molar-refractivity contribution >= 4 is 11.8 Å². The topological polar surface area (TPSA) is 92.4 Å². The first-order valence-corrected chi connectivity index (χ1v) is 5.62. The predicted octanol–water partition coefficient (Wildman–Crippen LogP) is 0.942. The number of hydrogen-bond acceptors (Lipinski definition) is 3. The molecule has 0 atom stereocenters. The molecular weight excluding hydrogens is 232 g/mol. The first-order valence-electron chi connectivity index (χ1n) is 5.62. The van der Waals surface area contributed by atoms with Crippen LogP contribution in [0.25, 0.3) is 0 Å². The van der Waals surface area contributed by atoms with Gasteiger partial charge in [0.1, 0.15) is 5.75 Å². The van der Waals surface area contributed by atoms with Gasteiger partial charge in [0.2, 0.25) is 5.91 Å². The maximum absolute atomic E-state index is 11.8. The van der Waals surface area contributed by atoms with Crippen molar-refractivity contribution in [2.75, 3.05) is 6.54 Å². The van der Waals surface area contributed by atoms with E-state index < -0.39 is 11.3 Å². The van der Waals surface area contributed by atoms with E-state index in [9.17, 15) is 14.7 Å². The molecule has 0 fully saturated rings. The maximum atomic E-state index is 11.8. The third kappa shape index (κ3) is 3.23. The summed E-state index contributed by atoms with van der Waals surface area (Å²) in [5.74, 6) is -0.758. The number of primary amides is 1. The lowest BCUT2D eigenvalue weighted by Gasteiger charge is -2.20. The molecule has 4 N–H and O–H groups in total. The van der Waals surface area contributed by atoms with Gasteiger partial charge in [0.05, 0.1) is 5.41 Å². The molecule has 0 bridgehead atoms. The molecule has 0 unspecified atom stereocenters. The molecule has 0 spiro atoms. The molecule has 2 amide bonds. The second-order valence-electron chi connectivity index (χ2n) is 4.93. The van der Waals surface area contributed by atoms with Crippen LogP contribution >= 0.6 is 0 Å². The number of nitrogens with one attached hydrogen (secondary N) is 1. The van der Waals surface area contributed by atoms with Gasteiger partial charge in [-0.15, -0.1) is 0 Å². The highest BCUT2D eigenvalue weighted by Gasteiger charge is 2.25. The predicted molar refractivity (Wildman–Crippen MR) is 68.2 cm³/mol. The molecule has 98 valence electrons. The van der Waals surface area contributed by atoms with Crippen molar-refractivity contribution in [1.82, 2.24) is 5.32 Å². The minimum absolute atomic E-state index is 0.0665. The molecule has 5 nitrogen and oxygen atoms in total. The number of phenolic OH excluding ortho intramolecular Hbond substituents is 1. The molecule has 0 aliphatic heterocycles. The zero-order valence-electron chi connectivity index (χ0n) is 10.8. The van der Waals surface area contributed by atoms with Gasteiger partial charge >= 0.3 is 0 Å². The van der Waals surface area contributed by atoms with Crippen LogP contribution in [-0.2, 0) is 4.79 Å². The highest BCUT2D eigenvalue weighted by molar-refractivity contribution is 5.95. The standard InChI is InChI=1S/C13H18N2O3/c1-8-4-5-9(6-10(8)16)11(17)15-7-13(2,3)12(14)18/h4-6,16H,7H2,1-3H3,(H2,14,18)(H,15,17). The van der Waals surface area contributed by atoms with E-state index in [2.05, 4.69) is 5.32 Å². The van der Waals surface area contributed by atoms with Crippen molar-refractivity contribution in [3.05, 3.63) is 29.3 Å². The van der Waals surface area contributed by atoms with Crippen LogP contribution in [-0.4, -0.2) is 23.5 Å². The molecule has 0 aliphatic rings. The smallest absolute Gasteiger partial charge is 0.251 e. The SMILES string of the molecule is Cc1ccc(C(=O)NCC(C)(C)C(N)=O)cc1O. The molecule has 0 aromatic heterocycles. The fourth-order valence-corrected chi connectivity index (χ4v) is 1.24. The normalized spacial score (nSPS) is 11.1. The summed E-state index contributed by atoms with van der Waals surface area (Å²) in [6.07, 6.45) is 0. The Morgan fingerprint density at radius 2 is 2.00 bits per heavy atom. The highest BCUT2D eigenvalue weighted by Crippen LogP contribution is 2.18. The van der Waals surface area contributed by atoms with Gasteiger partial charge in [0.15, 0.2) is 0 Å². The van der Waals surface area contributed by atoms with Gasteiger partial charge in [-0.1, -0.05) is 6.07 Å². The summed E-state index contributed by atoms with van der Waals surface area (Å²) >= 11 is 0. The minimum Gasteiger partial charge on any atom is -0.508 e. The third-order valence-electron chi connectivity index (χ3n) is 2.83. The van der Waals surface area contributed by atoms with E-state index in [4.69, 9.17) is 5.73 Å². The number of carbonyl (C=O) groups is 2. The summed E-state index contributed by atoms with van der Waals surface area (Å²) in [7, 11) is 0. The molecule has 0 aliphatic carbocycles. The molecule has 1 aromatic carbocycles. The van der Waals surface area contributed by atoms with Crippen molar-refractivity contribution in [1.29, 1.82) is 0 Å². The molecule has 1 aromatic rings. The largest absolute Gasteiger partial charge is 0.508 e. The number of rotatable bonds is 4. The zero-order chi connectivity index (χ0) is 13.9. The Morgan fingerprint density at radius 3 is 2.50 bits per heavy atom. The Balaban J connectivity index is 2.72. The minimum atomic E-state index is -0.803. The molecule has 18 heavy (non-hydrogen) atoms. The van der Waals surface area contributed by atoms with Crippen LogP contribution < -0.4 is 11.1 Å². The van der Waals surface area contributed by atoms with Gasteiger partial charge in [-0.05, 0) is 38.5 Å². The van der Waals surface area contributed by atoms with Crippen LogP contribution in [0.3, 0.4) is 0 Å². The molecule has 1 rings (SSSR count). The lowest BCUT2D eigenvalue weighted by Crippen LogP contribution is -2.42. The molecule has 5 heteroatoms. The Labute approximate surface area is 106 Å². The Hall–Kier alpha value is -2.04. The van der Waals surface area contributed by atoms with E-state index in [1.54, 1.807) is 32.9 Å². The number of benzene rings is 1. The number of aryl methyl sites for hydroxylation is 1. The van der Waals surface area contributed by atoms with E-state index in [0.29, 0.717) is 11.1 Å². The molecule has 0 saturated carbocycles. The summed E-state index contributed by atoms with van der Waals surface area (Å²) in [5, 5.41) is 12.1. The van der Waals surface area contributed by atoms with E-state index in [-0.39, 0.29) is 18.2 Å². The number of carbonyl (C=O) groups excluding carboxylic acids is 2. The number of phenols is 1. The molecule has 0 radical (unpaired) electrons. The summed E-state index contributed by atoms with van der Waals surface area (Å²) in [5.41, 5.74) is 5.45. The Bertz CT molecular complexity index is 481. The Kier molecular flexibility index (Phi) is 3.96. The Morgan fingerprint density at radius 1 is 1.39 bits per heavy atom. The second-order valence-corrected chi connectivity index (χ2v) is 4.93. The highest BCUT2D eigenvalue weighted by atomic mass is 16.3. The summed E-state index contributed by atoms with van der Waals surface area (Å²) in [6, 6.07) is 4.66. The average Bonchev–Trinajstić information content (AvgIpc) is 2.29. The lowest BCUT2D eigenvalue weighted by molar-refractivity contribution is -0.125. The van der Waals surface area contributed by atoms with E-state index in [1.807, 2.05) is 0 Å². The number of amides is 2. The lowest BCUT2D eigenvalue weighted by atomic mass is 9.92. The molecule has 0 saturated heterocycles. The van der Waals surface area contributed by atoms with E-state index in [1.165, 1.54) is 6.07 Å². The fraction of sp³-hybridized carbons (Fsp3) is 0.385. The third-order valence-corrected chi connectivity index (χ3v) is 2.83. The first kappa shape index (κ1) is 14.0. The van der Waals surface area contributed by atoms with Crippen LogP contribution in [0.2, 0.25) is 0 Å². The summed E-state index contributed by atoms with van der Waals surface area (Å²) in [6.45, 7) is 5.20. The maximum Gasteiger partial charge on any atom is 0.251 e. The number of hydrogen-bond donors (Lipinski definition) is 3. The second kappa shape index (κ2) is 5.08. The van der Waals surface area contributed by atoms with Gasteiger partial charge < -0.3 is 16.2 Å². The van der Waals surface area contributed by atoms with E-state index in [0.717, 1.165) is 0 Å².